The van der Waals surface area contributed by atoms with Gasteiger partial charge < -0.3 is 14.8 Å². The van der Waals surface area contributed by atoms with Gasteiger partial charge in [-0.25, -0.2) is 19.1 Å². The van der Waals surface area contributed by atoms with E-state index < -0.39 is 29.7 Å². The molecule has 33 heavy (non-hydrogen) atoms. The van der Waals surface area contributed by atoms with E-state index in [9.17, 15) is 27.6 Å². The Balaban J connectivity index is 1.74. The largest absolute Gasteiger partial charge is 0.465 e. The fourth-order valence-electron chi connectivity index (χ4n) is 3.30. The summed E-state index contributed by atoms with van der Waals surface area (Å²) in [6, 6.07) is 2.08. The first kappa shape index (κ1) is 22.7. The number of halogens is 3. The van der Waals surface area contributed by atoms with E-state index in [1.165, 1.54) is 6.92 Å². The van der Waals surface area contributed by atoms with Crippen molar-refractivity contribution >= 4 is 39.8 Å². The normalized spacial score (nSPS) is 13.8. The summed E-state index contributed by atoms with van der Waals surface area (Å²) in [7, 11) is 2.29. The zero-order chi connectivity index (χ0) is 24.1. The molecule has 0 radical (unpaired) electrons. The van der Waals surface area contributed by atoms with Crippen molar-refractivity contribution < 1.29 is 37.0 Å². The molecular formula is C20H17F3N4O5S. The van der Waals surface area contributed by atoms with Crippen LogP contribution < -0.4 is 5.32 Å². The van der Waals surface area contributed by atoms with Gasteiger partial charge in [0.15, 0.2) is 11.3 Å². The highest BCUT2D eigenvalue weighted by Crippen LogP contribution is 2.41. The second-order valence-electron chi connectivity index (χ2n) is 7.34. The van der Waals surface area contributed by atoms with Gasteiger partial charge in [0, 0.05) is 17.7 Å². The van der Waals surface area contributed by atoms with Gasteiger partial charge in [0.25, 0.3) is 5.91 Å². The van der Waals surface area contributed by atoms with Crippen molar-refractivity contribution in [3.05, 3.63) is 45.2 Å². The Hall–Kier alpha value is -3.48. The summed E-state index contributed by atoms with van der Waals surface area (Å²) in [6.45, 7) is 1.48. The second kappa shape index (κ2) is 8.14. The number of carbonyl (C=O) groups is 3. The van der Waals surface area contributed by atoms with Gasteiger partial charge in [-0.1, -0.05) is 0 Å². The van der Waals surface area contributed by atoms with Crippen molar-refractivity contribution in [2.75, 3.05) is 19.5 Å². The van der Waals surface area contributed by atoms with Crippen molar-refractivity contribution in [2.24, 2.45) is 0 Å². The van der Waals surface area contributed by atoms with Crippen LogP contribution in [0.5, 0.6) is 0 Å². The lowest BCUT2D eigenvalue weighted by Gasteiger charge is -2.10. The molecule has 1 aliphatic rings. The lowest BCUT2D eigenvalue weighted by atomic mass is 10.1. The van der Waals surface area contributed by atoms with Gasteiger partial charge in [0.2, 0.25) is 0 Å². The van der Waals surface area contributed by atoms with Gasteiger partial charge >= 0.3 is 18.1 Å². The molecule has 1 fully saturated rings. The molecule has 0 atom stereocenters. The summed E-state index contributed by atoms with van der Waals surface area (Å²) in [5.74, 6) is -2.46. The predicted molar refractivity (Wildman–Crippen MR) is 110 cm³/mol. The Labute approximate surface area is 188 Å². The van der Waals surface area contributed by atoms with Gasteiger partial charge in [-0.3, -0.25) is 4.79 Å². The van der Waals surface area contributed by atoms with Gasteiger partial charge in [0.05, 0.1) is 19.8 Å². The van der Waals surface area contributed by atoms with Gasteiger partial charge in [0.1, 0.15) is 15.6 Å². The van der Waals surface area contributed by atoms with E-state index in [2.05, 4.69) is 20.1 Å². The number of rotatable bonds is 5. The van der Waals surface area contributed by atoms with E-state index in [1.807, 2.05) is 0 Å². The molecule has 4 rings (SSSR count). The van der Waals surface area contributed by atoms with E-state index >= 15 is 0 Å². The quantitative estimate of drug-likeness (QED) is 0.550. The topological polar surface area (TPSA) is 112 Å². The van der Waals surface area contributed by atoms with Gasteiger partial charge in [-0.05, 0) is 31.4 Å². The maximum Gasteiger partial charge on any atom is 0.433 e. The van der Waals surface area contributed by atoms with Crippen molar-refractivity contribution in [3.63, 3.8) is 0 Å². The molecule has 3 aromatic heterocycles. The van der Waals surface area contributed by atoms with Crippen LogP contribution in [0.25, 0.3) is 5.65 Å². The van der Waals surface area contributed by atoms with Crippen LogP contribution >= 0.6 is 11.3 Å². The van der Waals surface area contributed by atoms with Crippen LogP contribution in [0.3, 0.4) is 0 Å². The Morgan fingerprint density at radius 1 is 1.15 bits per heavy atom. The minimum Gasteiger partial charge on any atom is -0.465 e. The van der Waals surface area contributed by atoms with Crippen LogP contribution in [-0.2, 0) is 15.7 Å². The fraction of sp³-hybridized carbons (Fsp3) is 0.350. The van der Waals surface area contributed by atoms with E-state index in [4.69, 9.17) is 4.74 Å². The van der Waals surface area contributed by atoms with E-state index in [-0.39, 0.29) is 38.3 Å². The zero-order valence-corrected chi connectivity index (χ0v) is 18.4. The van der Waals surface area contributed by atoms with Crippen molar-refractivity contribution in [2.45, 2.75) is 31.9 Å². The number of thiophene rings is 1. The number of hydrogen-bond acceptors (Lipinski definition) is 8. The fourth-order valence-corrected chi connectivity index (χ4v) is 4.41. The molecule has 1 amide bonds. The van der Waals surface area contributed by atoms with Crippen LogP contribution in [0, 0.1) is 6.92 Å². The second-order valence-corrected chi connectivity index (χ2v) is 8.36. The van der Waals surface area contributed by atoms with Crippen molar-refractivity contribution in [1.29, 1.82) is 0 Å². The number of anilines is 1. The first-order valence-corrected chi connectivity index (χ1v) is 10.5. The molecular weight excluding hydrogens is 465 g/mol. The first-order valence-electron chi connectivity index (χ1n) is 9.64. The molecule has 3 heterocycles. The Morgan fingerprint density at radius 3 is 2.39 bits per heavy atom. The van der Waals surface area contributed by atoms with Crippen LogP contribution in [-0.4, -0.2) is 46.7 Å². The van der Waals surface area contributed by atoms with Crippen LogP contribution in [0.1, 0.15) is 66.2 Å². The minimum absolute atomic E-state index is 0.0236. The highest BCUT2D eigenvalue weighted by atomic mass is 32.1. The van der Waals surface area contributed by atoms with Crippen LogP contribution in [0.4, 0.5) is 18.2 Å². The summed E-state index contributed by atoms with van der Waals surface area (Å²) in [6.07, 6.45) is -3.21. The van der Waals surface area contributed by atoms with Crippen molar-refractivity contribution in [3.8, 4) is 0 Å². The smallest absolute Gasteiger partial charge is 0.433 e. The predicted octanol–water partition coefficient (Wildman–Crippen LogP) is 3.82. The third-order valence-electron chi connectivity index (χ3n) is 5.10. The average molecular weight is 482 g/mol. The average Bonchev–Trinajstić information content (AvgIpc) is 3.45. The SMILES string of the molecule is COC(=O)c1sc(NC(=O)c2cc3nc(C4CC4)cc(C(F)(F)F)n3n2)c(C(=O)OC)c1C. The lowest BCUT2D eigenvalue weighted by Crippen LogP contribution is -2.16. The maximum atomic E-state index is 13.6. The van der Waals surface area contributed by atoms with Crippen molar-refractivity contribution in [1.82, 2.24) is 14.6 Å². The van der Waals surface area contributed by atoms with Gasteiger partial charge in [-0.15, -0.1) is 11.3 Å². The minimum atomic E-state index is -4.71. The monoisotopic (exact) mass is 482 g/mol. The van der Waals surface area contributed by atoms with Crippen LogP contribution in [0.15, 0.2) is 12.1 Å². The molecule has 1 saturated carbocycles. The number of aromatic nitrogens is 3. The zero-order valence-electron chi connectivity index (χ0n) is 17.6. The van der Waals surface area contributed by atoms with E-state index in [1.54, 1.807) is 0 Å². The summed E-state index contributed by atoms with van der Waals surface area (Å²) < 4.78 is 50.8. The lowest BCUT2D eigenvalue weighted by molar-refractivity contribution is -0.142. The highest BCUT2D eigenvalue weighted by molar-refractivity contribution is 7.18. The Kier molecular flexibility index (Phi) is 5.60. The third-order valence-corrected chi connectivity index (χ3v) is 6.29. The Bertz CT molecular complexity index is 1290. The Morgan fingerprint density at radius 2 is 1.82 bits per heavy atom. The molecule has 0 saturated heterocycles. The molecule has 13 heteroatoms. The van der Waals surface area contributed by atoms with Crippen LogP contribution in [0.2, 0.25) is 0 Å². The molecule has 1 N–H and O–H groups in total. The maximum absolute atomic E-state index is 13.6. The standard InChI is InChI=1S/C20H17F3N4O5S/c1-8-14(18(29)31-2)17(33-15(8)19(30)32-3)25-16(28)11-7-13-24-10(9-4-5-9)6-12(20(21,22)23)27(13)26-11/h6-7,9H,4-5H2,1-3H3,(H,25,28). The molecule has 3 aromatic rings. The number of nitrogens with one attached hydrogen (secondary N) is 1. The first-order chi connectivity index (χ1) is 15.5. The molecule has 0 aromatic carbocycles. The number of hydrogen-bond donors (Lipinski definition) is 1. The summed E-state index contributed by atoms with van der Waals surface area (Å²) in [5.41, 5.74) is -1.04. The summed E-state index contributed by atoms with van der Waals surface area (Å²) in [4.78, 5) is 41.4. The molecule has 0 spiro atoms. The molecule has 9 nitrogen and oxygen atoms in total. The highest BCUT2D eigenvalue weighted by Gasteiger charge is 2.37. The molecule has 0 bridgehead atoms. The van der Waals surface area contributed by atoms with E-state index in [0.29, 0.717) is 10.2 Å². The van der Waals surface area contributed by atoms with Gasteiger partial charge in [-0.2, -0.15) is 18.3 Å². The molecule has 0 unspecified atom stereocenters. The third kappa shape index (κ3) is 4.15. The molecule has 1 aliphatic carbocycles. The number of methoxy groups -OCH3 is 2. The number of ether oxygens (including phenoxy) is 2. The summed E-state index contributed by atoms with van der Waals surface area (Å²) >= 11 is 0.777. The molecule has 174 valence electrons. The molecule has 0 aliphatic heterocycles. The number of fused-ring (bicyclic) bond motifs is 1. The number of carbonyl (C=O) groups excluding carboxylic acids is 3. The number of esters is 2. The summed E-state index contributed by atoms with van der Waals surface area (Å²) in [5, 5.41) is 6.20. The number of amides is 1. The van der Waals surface area contributed by atoms with E-state index in [0.717, 1.165) is 50.5 Å². The number of nitrogens with zero attached hydrogens (tertiary/aromatic N) is 3. The number of alkyl halides is 3.